The molecule has 136 valence electrons. The van der Waals surface area contributed by atoms with Crippen LogP contribution in [0.5, 0.6) is 5.75 Å². The second-order valence-corrected chi connectivity index (χ2v) is 6.06. The van der Waals surface area contributed by atoms with E-state index < -0.39 is 11.9 Å². The number of hydrogen-bond acceptors (Lipinski definition) is 4. The molecule has 0 aliphatic heterocycles. The zero-order valence-electron chi connectivity index (χ0n) is 13.6. The third-order valence-electron chi connectivity index (χ3n) is 3.25. The molecular formula is C18H16Cl2N2O4. The number of rotatable bonds is 8. The molecule has 1 amide bonds. The Balaban J connectivity index is 1.98. The summed E-state index contributed by atoms with van der Waals surface area (Å²) in [7, 11) is 0. The van der Waals surface area contributed by atoms with Crippen molar-refractivity contribution < 1.29 is 19.4 Å². The van der Waals surface area contributed by atoms with Crippen molar-refractivity contribution in [1.82, 2.24) is 5.43 Å². The third kappa shape index (κ3) is 6.38. The number of ether oxygens (including phenoxy) is 1. The minimum absolute atomic E-state index is 0.0967. The van der Waals surface area contributed by atoms with E-state index in [0.717, 1.165) is 5.56 Å². The number of nitrogens with zero attached hydrogens (tertiary/aromatic N) is 1. The minimum Gasteiger partial charge on any atom is -0.482 e. The van der Waals surface area contributed by atoms with Crippen LogP contribution in [0.3, 0.4) is 0 Å². The molecule has 0 saturated carbocycles. The maximum absolute atomic E-state index is 11.9. The molecule has 8 heteroatoms. The lowest BCUT2D eigenvalue weighted by molar-refractivity contribution is -0.136. The Labute approximate surface area is 160 Å². The molecule has 0 aliphatic carbocycles. The molecule has 0 unspecified atom stereocenters. The second-order valence-electron chi connectivity index (χ2n) is 5.22. The summed E-state index contributed by atoms with van der Waals surface area (Å²) < 4.78 is 5.32. The Hall–Kier alpha value is -2.57. The Kier molecular flexibility index (Phi) is 7.44. The van der Waals surface area contributed by atoms with Crippen LogP contribution in [-0.4, -0.2) is 29.3 Å². The molecule has 0 spiro atoms. The average Bonchev–Trinajstić information content (AvgIpc) is 2.61. The molecule has 0 atom stereocenters. The van der Waals surface area contributed by atoms with E-state index in [0.29, 0.717) is 21.5 Å². The fourth-order valence-electron chi connectivity index (χ4n) is 2.02. The van der Waals surface area contributed by atoms with Gasteiger partial charge in [-0.2, -0.15) is 5.10 Å². The van der Waals surface area contributed by atoms with Crippen LogP contribution in [0.1, 0.15) is 18.4 Å². The van der Waals surface area contributed by atoms with Gasteiger partial charge in [-0.25, -0.2) is 5.43 Å². The SMILES string of the molecule is O=C(O)CC/C(=N/NC(=O)COc1ccc(Cl)cc1Cl)c1ccccc1. The van der Waals surface area contributed by atoms with Crippen LogP contribution in [0.25, 0.3) is 0 Å². The van der Waals surface area contributed by atoms with E-state index in [1.807, 2.05) is 6.07 Å². The number of nitrogens with one attached hydrogen (secondary N) is 1. The van der Waals surface area contributed by atoms with Crippen molar-refractivity contribution in [3.05, 3.63) is 64.1 Å². The van der Waals surface area contributed by atoms with Crippen LogP contribution in [0, 0.1) is 0 Å². The van der Waals surface area contributed by atoms with Crippen molar-refractivity contribution in [2.24, 2.45) is 5.10 Å². The number of halogens is 2. The highest BCUT2D eigenvalue weighted by molar-refractivity contribution is 6.35. The van der Waals surface area contributed by atoms with E-state index in [1.54, 1.807) is 36.4 Å². The lowest BCUT2D eigenvalue weighted by Crippen LogP contribution is -2.26. The van der Waals surface area contributed by atoms with E-state index in [1.165, 1.54) is 6.07 Å². The number of aliphatic carboxylic acids is 1. The number of carbonyl (C=O) groups excluding carboxylic acids is 1. The first-order valence-corrected chi connectivity index (χ1v) is 8.42. The van der Waals surface area contributed by atoms with Gasteiger partial charge < -0.3 is 9.84 Å². The van der Waals surface area contributed by atoms with E-state index >= 15 is 0 Å². The fourth-order valence-corrected chi connectivity index (χ4v) is 2.48. The summed E-state index contributed by atoms with van der Waals surface area (Å²) in [6, 6.07) is 13.7. The first kappa shape index (κ1) is 19.8. The molecule has 0 aromatic heterocycles. The number of amides is 1. The molecule has 6 nitrogen and oxygen atoms in total. The van der Waals surface area contributed by atoms with Crippen LogP contribution in [0.15, 0.2) is 53.6 Å². The lowest BCUT2D eigenvalue weighted by atomic mass is 10.1. The summed E-state index contributed by atoms with van der Waals surface area (Å²) in [6.07, 6.45) is 0.0873. The zero-order valence-corrected chi connectivity index (χ0v) is 15.1. The highest BCUT2D eigenvalue weighted by Gasteiger charge is 2.09. The van der Waals surface area contributed by atoms with Gasteiger partial charge in [0.25, 0.3) is 5.91 Å². The van der Waals surface area contributed by atoms with Crippen LogP contribution in [0.4, 0.5) is 0 Å². The van der Waals surface area contributed by atoms with Crippen LogP contribution in [0.2, 0.25) is 10.0 Å². The standard InChI is InChI=1S/C18H16Cl2N2O4/c19-13-6-8-16(14(20)10-13)26-11-17(23)22-21-15(7-9-18(24)25)12-4-2-1-3-5-12/h1-6,8,10H,7,9,11H2,(H,22,23)(H,24,25)/b21-15-. The maximum atomic E-state index is 11.9. The molecule has 2 rings (SSSR count). The van der Waals surface area contributed by atoms with Crippen molar-refractivity contribution in [3.8, 4) is 5.75 Å². The van der Waals surface area contributed by atoms with Crippen molar-refractivity contribution in [1.29, 1.82) is 0 Å². The molecule has 2 N–H and O–H groups in total. The number of carboxylic acids is 1. The molecule has 0 radical (unpaired) electrons. The van der Waals surface area contributed by atoms with E-state index in [9.17, 15) is 9.59 Å². The zero-order chi connectivity index (χ0) is 18.9. The van der Waals surface area contributed by atoms with Gasteiger partial charge in [0.1, 0.15) is 5.75 Å². The molecule has 0 bridgehead atoms. The Morgan fingerprint density at radius 3 is 2.46 bits per heavy atom. The normalized spacial score (nSPS) is 11.1. The van der Waals surface area contributed by atoms with Gasteiger partial charge in [0.05, 0.1) is 17.2 Å². The summed E-state index contributed by atoms with van der Waals surface area (Å²) in [6.45, 7) is -0.300. The predicted molar refractivity (Wildman–Crippen MR) is 99.9 cm³/mol. The lowest BCUT2D eigenvalue weighted by Gasteiger charge is -2.09. The van der Waals surface area contributed by atoms with Crippen LogP contribution >= 0.6 is 23.2 Å². The Bertz CT molecular complexity index is 810. The van der Waals surface area contributed by atoms with Gasteiger partial charge in [0.15, 0.2) is 6.61 Å². The first-order chi connectivity index (χ1) is 12.5. The number of carboxylic acid groups (broad SMARTS) is 1. The molecule has 0 heterocycles. The quantitative estimate of drug-likeness (QED) is 0.526. The first-order valence-electron chi connectivity index (χ1n) is 7.66. The van der Waals surface area contributed by atoms with Gasteiger partial charge in [-0.3, -0.25) is 9.59 Å². The Morgan fingerprint density at radius 1 is 1.08 bits per heavy atom. The summed E-state index contributed by atoms with van der Waals surface area (Å²) in [5.74, 6) is -1.12. The Morgan fingerprint density at radius 2 is 1.81 bits per heavy atom. The van der Waals surface area contributed by atoms with Gasteiger partial charge in [0, 0.05) is 11.4 Å². The molecule has 0 fully saturated rings. The molecule has 2 aromatic rings. The minimum atomic E-state index is -0.944. The van der Waals surface area contributed by atoms with Gasteiger partial charge in [-0.1, -0.05) is 53.5 Å². The summed E-state index contributed by atoms with van der Waals surface area (Å²) in [5, 5.41) is 13.6. The van der Waals surface area contributed by atoms with Gasteiger partial charge in [0.2, 0.25) is 0 Å². The summed E-state index contributed by atoms with van der Waals surface area (Å²) in [5.41, 5.74) is 3.56. The molecule has 2 aromatic carbocycles. The topological polar surface area (TPSA) is 88.0 Å². The number of benzene rings is 2. The number of hydrogen-bond donors (Lipinski definition) is 2. The van der Waals surface area contributed by atoms with Crippen molar-refractivity contribution in [2.45, 2.75) is 12.8 Å². The highest BCUT2D eigenvalue weighted by atomic mass is 35.5. The average molecular weight is 395 g/mol. The van der Waals surface area contributed by atoms with Crippen LogP contribution in [-0.2, 0) is 9.59 Å². The second kappa shape index (κ2) is 9.79. The third-order valence-corrected chi connectivity index (χ3v) is 3.78. The molecular weight excluding hydrogens is 379 g/mol. The van der Waals surface area contributed by atoms with E-state index in [-0.39, 0.29) is 19.4 Å². The number of carbonyl (C=O) groups is 2. The predicted octanol–water partition coefficient (Wildman–Crippen LogP) is 3.76. The maximum Gasteiger partial charge on any atom is 0.303 e. The van der Waals surface area contributed by atoms with Crippen molar-refractivity contribution in [3.63, 3.8) is 0 Å². The van der Waals surface area contributed by atoms with Gasteiger partial charge in [-0.15, -0.1) is 0 Å². The smallest absolute Gasteiger partial charge is 0.303 e. The number of hydrazone groups is 1. The monoisotopic (exact) mass is 394 g/mol. The fraction of sp³-hybridized carbons (Fsp3) is 0.167. The van der Waals surface area contributed by atoms with Crippen molar-refractivity contribution in [2.75, 3.05) is 6.61 Å². The van der Waals surface area contributed by atoms with Gasteiger partial charge >= 0.3 is 5.97 Å². The van der Waals surface area contributed by atoms with Gasteiger partial charge in [-0.05, 0) is 23.8 Å². The van der Waals surface area contributed by atoms with Crippen molar-refractivity contribution >= 4 is 40.8 Å². The highest BCUT2D eigenvalue weighted by Crippen LogP contribution is 2.27. The molecule has 0 aliphatic rings. The van der Waals surface area contributed by atoms with Crippen LogP contribution < -0.4 is 10.2 Å². The van der Waals surface area contributed by atoms with E-state index in [4.69, 9.17) is 33.0 Å². The summed E-state index contributed by atoms with van der Waals surface area (Å²) in [4.78, 5) is 22.7. The van der Waals surface area contributed by atoms with E-state index in [2.05, 4.69) is 10.5 Å². The largest absolute Gasteiger partial charge is 0.482 e. The molecule has 26 heavy (non-hydrogen) atoms. The molecule has 0 saturated heterocycles. The summed E-state index contributed by atoms with van der Waals surface area (Å²) >= 11 is 11.8.